The van der Waals surface area contributed by atoms with E-state index in [4.69, 9.17) is 14.2 Å². The number of hydrogen-bond acceptors (Lipinski definition) is 4. The lowest BCUT2D eigenvalue weighted by Crippen LogP contribution is -2.00. The van der Waals surface area contributed by atoms with Crippen LogP contribution in [0.2, 0.25) is 0 Å². The highest BCUT2D eigenvalue weighted by molar-refractivity contribution is 5.84. The summed E-state index contributed by atoms with van der Waals surface area (Å²) in [5, 5.41) is 0. The number of ether oxygens (including phenoxy) is 3. The quantitative estimate of drug-likeness (QED) is 0.711. The van der Waals surface area contributed by atoms with Gasteiger partial charge in [0, 0.05) is 11.6 Å². The zero-order valence-corrected chi connectivity index (χ0v) is 9.29. The van der Waals surface area contributed by atoms with Crippen molar-refractivity contribution in [2.75, 3.05) is 21.3 Å². The predicted molar refractivity (Wildman–Crippen MR) is 56.2 cm³/mol. The Labute approximate surface area is 88.8 Å². The number of carbonyl (C=O) groups is 1. The molecule has 0 saturated heterocycles. The Balaban J connectivity index is 3.48. The van der Waals surface area contributed by atoms with E-state index in [9.17, 15) is 4.79 Å². The smallest absolute Gasteiger partial charge is 0.164 e. The topological polar surface area (TPSA) is 44.8 Å². The van der Waals surface area contributed by atoms with Crippen LogP contribution >= 0.6 is 0 Å². The van der Waals surface area contributed by atoms with E-state index in [0.717, 1.165) is 6.29 Å². The van der Waals surface area contributed by atoms with Crippen LogP contribution in [-0.2, 0) is 0 Å². The minimum atomic E-state index is 0.482. The van der Waals surface area contributed by atoms with E-state index in [1.807, 2.05) is 0 Å². The molecule has 4 nitrogen and oxygen atoms in total. The van der Waals surface area contributed by atoms with E-state index in [1.54, 1.807) is 13.0 Å². The summed E-state index contributed by atoms with van der Waals surface area (Å²) in [5.74, 6) is 1.60. The van der Waals surface area contributed by atoms with Gasteiger partial charge in [-0.2, -0.15) is 0 Å². The number of methoxy groups -OCH3 is 3. The average molecular weight is 210 g/mol. The van der Waals surface area contributed by atoms with Crippen LogP contribution in [0.5, 0.6) is 17.2 Å². The molecule has 0 fully saturated rings. The second-order valence-electron chi connectivity index (χ2n) is 2.97. The molecule has 0 radical (unpaired) electrons. The van der Waals surface area contributed by atoms with E-state index >= 15 is 0 Å². The number of benzene rings is 1. The summed E-state index contributed by atoms with van der Waals surface area (Å²) in [6.45, 7) is 1.79. The first-order chi connectivity index (χ1) is 7.19. The molecule has 0 bridgehead atoms. The molecule has 82 valence electrons. The highest BCUT2D eigenvalue weighted by Crippen LogP contribution is 2.37. The van der Waals surface area contributed by atoms with Crippen molar-refractivity contribution in [2.24, 2.45) is 0 Å². The van der Waals surface area contributed by atoms with Gasteiger partial charge in [-0.3, -0.25) is 4.79 Å². The molecule has 0 amide bonds. The molecule has 0 aliphatic carbocycles. The number of hydrogen-bond donors (Lipinski definition) is 0. The van der Waals surface area contributed by atoms with Crippen LogP contribution in [-0.4, -0.2) is 27.6 Å². The monoisotopic (exact) mass is 210 g/mol. The molecule has 0 unspecified atom stereocenters. The Kier molecular flexibility index (Phi) is 3.55. The number of aldehydes is 1. The molecule has 1 aromatic rings. The molecule has 0 aliphatic rings. The lowest BCUT2D eigenvalue weighted by molar-refractivity contribution is 0.111. The maximum atomic E-state index is 10.9. The van der Waals surface area contributed by atoms with E-state index in [-0.39, 0.29) is 0 Å². The van der Waals surface area contributed by atoms with Crippen molar-refractivity contribution in [1.29, 1.82) is 0 Å². The van der Waals surface area contributed by atoms with Crippen molar-refractivity contribution in [3.8, 4) is 17.2 Å². The maximum Gasteiger partial charge on any atom is 0.164 e. The van der Waals surface area contributed by atoms with Gasteiger partial charge in [0.25, 0.3) is 0 Å². The van der Waals surface area contributed by atoms with Gasteiger partial charge < -0.3 is 14.2 Å². The Morgan fingerprint density at radius 1 is 1.07 bits per heavy atom. The molecule has 0 heterocycles. The van der Waals surface area contributed by atoms with Crippen molar-refractivity contribution >= 4 is 6.29 Å². The number of carbonyl (C=O) groups excluding carboxylic acids is 1. The van der Waals surface area contributed by atoms with Gasteiger partial charge in [-0.05, 0) is 6.92 Å². The molecule has 4 heteroatoms. The Morgan fingerprint density at radius 3 is 2.07 bits per heavy atom. The third-order valence-corrected chi connectivity index (χ3v) is 2.26. The van der Waals surface area contributed by atoms with Crippen LogP contribution in [0.25, 0.3) is 0 Å². The standard InChI is InChI=1S/C11H14O4/c1-7-8(6-12)9(13-2)5-10(14-3)11(7)15-4/h5-6H,1-4H3. The lowest BCUT2D eigenvalue weighted by atomic mass is 10.1. The summed E-state index contributed by atoms with van der Waals surface area (Å²) in [6, 6.07) is 1.63. The fourth-order valence-electron chi connectivity index (χ4n) is 1.47. The second-order valence-corrected chi connectivity index (χ2v) is 2.97. The van der Waals surface area contributed by atoms with Crippen LogP contribution in [0.3, 0.4) is 0 Å². The first kappa shape index (κ1) is 11.4. The van der Waals surface area contributed by atoms with Crippen LogP contribution < -0.4 is 14.2 Å². The molecule has 15 heavy (non-hydrogen) atoms. The molecule has 0 aromatic heterocycles. The van der Waals surface area contributed by atoms with Crippen molar-refractivity contribution in [3.05, 3.63) is 17.2 Å². The lowest BCUT2D eigenvalue weighted by Gasteiger charge is -2.14. The SMILES string of the molecule is COc1cc(OC)c(OC)c(C)c1C=O. The summed E-state index contributed by atoms with van der Waals surface area (Å²) in [4.78, 5) is 10.9. The first-order valence-electron chi connectivity index (χ1n) is 4.44. The van der Waals surface area contributed by atoms with Gasteiger partial charge in [0.15, 0.2) is 17.8 Å². The molecule has 0 atom stereocenters. The van der Waals surface area contributed by atoms with Crippen molar-refractivity contribution in [1.82, 2.24) is 0 Å². The van der Waals surface area contributed by atoms with Gasteiger partial charge in [0.2, 0.25) is 0 Å². The largest absolute Gasteiger partial charge is 0.496 e. The summed E-state index contributed by atoms with van der Waals surface area (Å²) in [6.07, 6.45) is 0.746. The van der Waals surface area contributed by atoms with Crippen molar-refractivity contribution < 1.29 is 19.0 Å². The highest BCUT2D eigenvalue weighted by atomic mass is 16.5. The molecular weight excluding hydrogens is 196 g/mol. The fourth-order valence-corrected chi connectivity index (χ4v) is 1.47. The van der Waals surface area contributed by atoms with Gasteiger partial charge in [0.1, 0.15) is 5.75 Å². The van der Waals surface area contributed by atoms with E-state index in [1.165, 1.54) is 21.3 Å². The van der Waals surface area contributed by atoms with Gasteiger partial charge >= 0.3 is 0 Å². The Bertz CT molecular complexity index is 371. The van der Waals surface area contributed by atoms with Gasteiger partial charge in [0.05, 0.1) is 26.9 Å². The summed E-state index contributed by atoms with van der Waals surface area (Å²) in [5.41, 5.74) is 1.19. The van der Waals surface area contributed by atoms with Gasteiger partial charge in [-0.15, -0.1) is 0 Å². The summed E-state index contributed by atoms with van der Waals surface area (Å²) < 4.78 is 15.4. The summed E-state index contributed by atoms with van der Waals surface area (Å²) >= 11 is 0. The van der Waals surface area contributed by atoms with Crippen molar-refractivity contribution in [3.63, 3.8) is 0 Å². The highest BCUT2D eigenvalue weighted by Gasteiger charge is 2.16. The zero-order chi connectivity index (χ0) is 11.4. The molecule has 0 saturated carbocycles. The average Bonchev–Trinajstić information content (AvgIpc) is 2.27. The third-order valence-electron chi connectivity index (χ3n) is 2.26. The molecule has 1 aromatic carbocycles. The minimum absolute atomic E-state index is 0.482. The Hall–Kier alpha value is -1.71. The minimum Gasteiger partial charge on any atom is -0.496 e. The molecule has 1 rings (SSSR count). The molecule has 0 aliphatic heterocycles. The predicted octanol–water partition coefficient (Wildman–Crippen LogP) is 1.83. The first-order valence-corrected chi connectivity index (χ1v) is 4.44. The van der Waals surface area contributed by atoms with Crippen LogP contribution in [0.15, 0.2) is 6.07 Å². The van der Waals surface area contributed by atoms with Gasteiger partial charge in [-0.1, -0.05) is 0 Å². The molecule has 0 N–H and O–H groups in total. The fraction of sp³-hybridized carbons (Fsp3) is 0.364. The molecular formula is C11H14O4. The Morgan fingerprint density at radius 2 is 1.67 bits per heavy atom. The van der Waals surface area contributed by atoms with E-state index < -0.39 is 0 Å². The normalized spacial score (nSPS) is 9.60. The van der Waals surface area contributed by atoms with Crippen LogP contribution in [0.1, 0.15) is 15.9 Å². The third kappa shape index (κ3) is 1.88. The van der Waals surface area contributed by atoms with Crippen LogP contribution in [0, 0.1) is 6.92 Å². The van der Waals surface area contributed by atoms with Crippen LogP contribution in [0.4, 0.5) is 0 Å². The number of rotatable bonds is 4. The van der Waals surface area contributed by atoms with Crippen molar-refractivity contribution in [2.45, 2.75) is 6.92 Å². The zero-order valence-electron chi connectivity index (χ0n) is 9.29. The maximum absolute atomic E-state index is 10.9. The van der Waals surface area contributed by atoms with Gasteiger partial charge in [-0.25, -0.2) is 0 Å². The molecule has 0 spiro atoms. The summed E-state index contributed by atoms with van der Waals surface area (Å²) in [7, 11) is 4.58. The van der Waals surface area contributed by atoms with E-state index in [0.29, 0.717) is 28.4 Å². The second kappa shape index (κ2) is 4.68. The van der Waals surface area contributed by atoms with E-state index in [2.05, 4.69) is 0 Å².